The summed E-state index contributed by atoms with van der Waals surface area (Å²) in [5, 5.41) is 4.86. The average molecular weight is 433 g/mol. The smallest absolute Gasteiger partial charge is 0.254 e. The minimum absolute atomic E-state index is 0.0252. The third kappa shape index (κ3) is 3.86. The Bertz CT molecular complexity index is 1150. The second-order valence-electron chi connectivity index (χ2n) is 9.50. The van der Waals surface area contributed by atoms with E-state index in [0.29, 0.717) is 0 Å². The largest absolute Gasteiger partial charge is 0.355 e. The number of anilines is 1. The van der Waals surface area contributed by atoms with Crippen molar-refractivity contribution in [2.24, 2.45) is 5.73 Å². The van der Waals surface area contributed by atoms with Gasteiger partial charge in [0, 0.05) is 49.1 Å². The molecule has 2 fully saturated rings. The van der Waals surface area contributed by atoms with Crippen molar-refractivity contribution in [3.63, 3.8) is 0 Å². The summed E-state index contributed by atoms with van der Waals surface area (Å²) in [4.78, 5) is 22.7. The highest BCUT2D eigenvalue weighted by molar-refractivity contribution is 5.95. The molecule has 2 aliphatic rings. The number of hydrogen-bond donors (Lipinski definition) is 1. The highest BCUT2D eigenvalue weighted by Gasteiger charge is 2.31. The summed E-state index contributed by atoms with van der Waals surface area (Å²) in [5.74, 6) is 1.08. The second kappa shape index (κ2) is 8.20. The van der Waals surface area contributed by atoms with Crippen LogP contribution in [0.3, 0.4) is 0 Å². The van der Waals surface area contributed by atoms with Crippen molar-refractivity contribution in [3.05, 3.63) is 58.4 Å². The molecular formula is C25H32N6O. The van der Waals surface area contributed by atoms with E-state index >= 15 is 0 Å². The highest BCUT2D eigenvalue weighted by Crippen LogP contribution is 2.33. The molecule has 32 heavy (non-hydrogen) atoms. The van der Waals surface area contributed by atoms with Gasteiger partial charge in [-0.25, -0.2) is 9.50 Å². The monoisotopic (exact) mass is 432 g/mol. The number of piperidine rings is 1. The van der Waals surface area contributed by atoms with Crippen molar-refractivity contribution < 1.29 is 4.79 Å². The van der Waals surface area contributed by atoms with Crippen molar-refractivity contribution in [3.8, 4) is 0 Å². The number of rotatable bonds is 3. The first kappa shape index (κ1) is 20.9. The average Bonchev–Trinajstić information content (AvgIpc) is 3.37. The predicted octanol–water partition coefficient (Wildman–Crippen LogP) is 3.56. The lowest BCUT2D eigenvalue weighted by Gasteiger charge is -2.35. The SMILES string of the molecule is Cc1cc(C)cc(C(=O)N2CCCC[C@H]2c2cc3nc(N4CC[C@H](N)C4)c(C)cn3n2)c1. The topological polar surface area (TPSA) is 79.8 Å². The van der Waals surface area contributed by atoms with Gasteiger partial charge in [-0.2, -0.15) is 5.10 Å². The number of carbonyl (C=O) groups is 1. The zero-order valence-electron chi connectivity index (χ0n) is 19.2. The molecule has 3 aromatic rings. The summed E-state index contributed by atoms with van der Waals surface area (Å²) in [6, 6.07) is 8.32. The van der Waals surface area contributed by atoms with Crippen LogP contribution in [0.15, 0.2) is 30.5 Å². The number of carbonyl (C=O) groups excluding carboxylic acids is 1. The summed E-state index contributed by atoms with van der Waals surface area (Å²) in [6.07, 6.45) is 6.08. The third-order valence-electron chi connectivity index (χ3n) is 6.72. The van der Waals surface area contributed by atoms with Crippen molar-refractivity contribution >= 4 is 17.4 Å². The van der Waals surface area contributed by atoms with Crippen molar-refractivity contribution in [1.82, 2.24) is 19.5 Å². The number of amides is 1. The van der Waals surface area contributed by atoms with E-state index < -0.39 is 0 Å². The van der Waals surface area contributed by atoms with E-state index in [9.17, 15) is 4.79 Å². The fraction of sp³-hybridized carbons (Fsp3) is 0.480. The maximum atomic E-state index is 13.5. The van der Waals surface area contributed by atoms with Gasteiger partial charge in [0.05, 0.1) is 11.7 Å². The van der Waals surface area contributed by atoms with Crippen LogP contribution in [-0.2, 0) is 0 Å². The highest BCUT2D eigenvalue weighted by atomic mass is 16.2. The standard InChI is InChI=1S/C25H32N6O/c1-16-10-17(2)12-19(11-16)25(32)30-8-5-4-6-22(30)21-13-23-27-24(18(3)14-31(23)28-21)29-9-7-20(26)15-29/h10-14,20,22H,4-9,15,26H2,1-3H3/t20-,22-/m0/s1. The van der Waals surface area contributed by atoms with Gasteiger partial charge in [0.1, 0.15) is 5.82 Å². The van der Waals surface area contributed by atoms with Gasteiger partial charge < -0.3 is 15.5 Å². The van der Waals surface area contributed by atoms with Gasteiger partial charge in [-0.15, -0.1) is 0 Å². The molecule has 0 unspecified atom stereocenters. The molecule has 2 atom stereocenters. The van der Waals surface area contributed by atoms with Gasteiger partial charge in [0.25, 0.3) is 5.91 Å². The first-order chi connectivity index (χ1) is 15.4. The molecule has 7 nitrogen and oxygen atoms in total. The predicted molar refractivity (Wildman–Crippen MR) is 126 cm³/mol. The molecule has 7 heteroatoms. The first-order valence-electron chi connectivity index (χ1n) is 11.7. The van der Waals surface area contributed by atoms with Gasteiger partial charge in [0.2, 0.25) is 0 Å². The molecule has 2 N–H and O–H groups in total. The Morgan fingerprint density at radius 2 is 1.81 bits per heavy atom. The Kier molecular flexibility index (Phi) is 5.37. The van der Waals surface area contributed by atoms with Crippen LogP contribution < -0.4 is 10.6 Å². The number of nitrogens with zero attached hydrogens (tertiary/aromatic N) is 5. The fourth-order valence-electron chi connectivity index (χ4n) is 5.23. The van der Waals surface area contributed by atoms with Crippen LogP contribution in [-0.4, -0.2) is 51.1 Å². The number of fused-ring (bicyclic) bond motifs is 1. The van der Waals surface area contributed by atoms with Crippen LogP contribution in [0.5, 0.6) is 0 Å². The van der Waals surface area contributed by atoms with E-state index in [-0.39, 0.29) is 18.0 Å². The van der Waals surface area contributed by atoms with Crippen LogP contribution in [0.25, 0.3) is 5.65 Å². The second-order valence-corrected chi connectivity index (χ2v) is 9.50. The number of nitrogens with two attached hydrogens (primary N) is 1. The van der Waals surface area contributed by atoms with Crippen molar-refractivity contribution in [1.29, 1.82) is 0 Å². The number of aromatic nitrogens is 3. The van der Waals surface area contributed by atoms with Crippen molar-refractivity contribution in [2.75, 3.05) is 24.5 Å². The van der Waals surface area contributed by atoms with E-state index in [0.717, 1.165) is 84.7 Å². The minimum Gasteiger partial charge on any atom is -0.355 e. The Morgan fingerprint density at radius 1 is 1.03 bits per heavy atom. The summed E-state index contributed by atoms with van der Waals surface area (Å²) < 4.78 is 1.86. The molecule has 5 rings (SSSR count). The molecule has 1 aromatic carbocycles. The van der Waals surface area contributed by atoms with Gasteiger partial charge in [-0.05, 0) is 58.6 Å². The molecule has 0 bridgehead atoms. The summed E-state index contributed by atoms with van der Waals surface area (Å²) >= 11 is 0. The Balaban J connectivity index is 1.47. The molecular weight excluding hydrogens is 400 g/mol. The summed E-state index contributed by atoms with van der Waals surface area (Å²) in [7, 11) is 0. The van der Waals surface area contributed by atoms with Gasteiger partial charge in [0.15, 0.2) is 5.65 Å². The maximum Gasteiger partial charge on any atom is 0.254 e. The zero-order valence-corrected chi connectivity index (χ0v) is 19.2. The first-order valence-corrected chi connectivity index (χ1v) is 11.7. The minimum atomic E-state index is -0.0252. The fourth-order valence-corrected chi connectivity index (χ4v) is 5.23. The molecule has 2 aliphatic heterocycles. The van der Waals surface area contributed by atoms with E-state index in [2.05, 4.69) is 24.0 Å². The zero-order chi connectivity index (χ0) is 22.4. The molecule has 0 radical (unpaired) electrons. The van der Waals surface area contributed by atoms with Gasteiger partial charge >= 0.3 is 0 Å². The molecule has 2 aromatic heterocycles. The van der Waals surface area contributed by atoms with Crippen LogP contribution in [0.4, 0.5) is 5.82 Å². The van der Waals surface area contributed by atoms with E-state index in [1.165, 1.54) is 0 Å². The normalized spacial score (nSPS) is 21.5. The number of benzene rings is 1. The summed E-state index contributed by atoms with van der Waals surface area (Å²) in [5.41, 5.74) is 11.9. The van der Waals surface area contributed by atoms with Crippen LogP contribution in [0.1, 0.15) is 64.5 Å². The maximum absolute atomic E-state index is 13.5. The lowest BCUT2D eigenvalue weighted by molar-refractivity contribution is 0.0605. The van der Waals surface area contributed by atoms with Gasteiger partial charge in [-0.3, -0.25) is 4.79 Å². The molecule has 2 saturated heterocycles. The van der Waals surface area contributed by atoms with E-state index in [1.54, 1.807) is 0 Å². The lowest BCUT2D eigenvalue weighted by atomic mass is 9.97. The summed E-state index contributed by atoms with van der Waals surface area (Å²) in [6.45, 7) is 8.69. The molecule has 0 aliphatic carbocycles. The van der Waals surface area contributed by atoms with Crippen LogP contribution in [0, 0.1) is 20.8 Å². The molecule has 0 saturated carbocycles. The Labute approximate surface area is 189 Å². The molecule has 1 amide bonds. The third-order valence-corrected chi connectivity index (χ3v) is 6.72. The van der Waals surface area contributed by atoms with Crippen molar-refractivity contribution in [2.45, 2.75) is 58.5 Å². The number of hydrogen-bond acceptors (Lipinski definition) is 5. The Morgan fingerprint density at radius 3 is 2.53 bits per heavy atom. The molecule has 168 valence electrons. The number of aryl methyl sites for hydroxylation is 3. The van der Waals surface area contributed by atoms with Gasteiger partial charge in [-0.1, -0.05) is 17.2 Å². The van der Waals surface area contributed by atoms with Crippen LogP contribution in [0.2, 0.25) is 0 Å². The Hall–Kier alpha value is -2.93. The lowest BCUT2D eigenvalue weighted by Crippen LogP contribution is -2.38. The number of likely N-dealkylation sites (tertiary alicyclic amines) is 1. The van der Waals surface area contributed by atoms with E-state index in [1.807, 2.05) is 41.6 Å². The quantitative estimate of drug-likeness (QED) is 0.685. The van der Waals surface area contributed by atoms with Crippen LogP contribution >= 0.6 is 0 Å². The molecule has 0 spiro atoms. The molecule has 4 heterocycles. The van der Waals surface area contributed by atoms with E-state index in [4.69, 9.17) is 15.8 Å².